The fourth-order valence-electron chi connectivity index (χ4n) is 3.93. The molecule has 5 rings (SSSR count). The van der Waals surface area contributed by atoms with Gasteiger partial charge < -0.3 is 19.9 Å². The zero-order valence-corrected chi connectivity index (χ0v) is 23.2. The van der Waals surface area contributed by atoms with E-state index < -0.39 is 10.0 Å². The highest BCUT2D eigenvalue weighted by Gasteiger charge is 2.18. The zero-order valence-electron chi connectivity index (χ0n) is 22.4. The molecular formula is C29H24N6O6S. The Balaban J connectivity index is 1.32. The molecule has 0 unspecified atom stereocenters. The predicted octanol–water partition coefficient (Wildman–Crippen LogP) is 4.82. The molecule has 0 saturated carbocycles. The lowest BCUT2D eigenvalue weighted by Gasteiger charge is -2.11. The van der Waals surface area contributed by atoms with Crippen LogP contribution in [-0.4, -0.2) is 42.5 Å². The number of hydrogen-bond donors (Lipinski definition) is 3. The van der Waals surface area contributed by atoms with Crippen LogP contribution in [-0.2, 0) is 14.8 Å². The van der Waals surface area contributed by atoms with E-state index in [4.69, 9.17) is 9.26 Å². The number of rotatable bonds is 9. The van der Waals surface area contributed by atoms with Gasteiger partial charge in [0.2, 0.25) is 11.7 Å². The van der Waals surface area contributed by atoms with Crippen molar-refractivity contribution in [3.8, 4) is 28.6 Å². The van der Waals surface area contributed by atoms with Crippen molar-refractivity contribution in [3.05, 3.63) is 96.8 Å². The van der Waals surface area contributed by atoms with Gasteiger partial charge in [0.1, 0.15) is 5.75 Å². The summed E-state index contributed by atoms with van der Waals surface area (Å²) in [6.07, 6.45) is 3.04. The molecule has 2 aromatic heterocycles. The molecule has 2 amide bonds. The topological polar surface area (TPSA) is 165 Å². The molecule has 5 aromatic rings. The van der Waals surface area contributed by atoms with Crippen molar-refractivity contribution in [2.45, 2.75) is 11.8 Å². The minimum absolute atomic E-state index is 0.0242. The van der Waals surface area contributed by atoms with Gasteiger partial charge in [0, 0.05) is 41.8 Å². The highest BCUT2D eigenvalue weighted by molar-refractivity contribution is 7.92. The molecule has 3 N–H and O–H groups in total. The Morgan fingerprint density at radius 1 is 0.881 bits per heavy atom. The molecule has 0 aliphatic carbocycles. The normalized spacial score (nSPS) is 11.0. The fraction of sp³-hybridized carbons (Fsp3) is 0.0690. The number of ether oxygens (including phenoxy) is 1. The number of aromatic nitrogens is 3. The molecule has 212 valence electrons. The van der Waals surface area contributed by atoms with E-state index in [1.54, 1.807) is 60.8 Å². The van der Waals surface area contributed by atoms with E-state index in [1.165, 1.54) is 44.5 Å². The lowest BCUT2D eigenvalue weighted by Crippen LogP contribution is -2.13. The summed E-state index contributed by atoms with van der Waals surface area (Å²) < 4.78 is 39.3. The van der Waals surface area contributed by atoms with E-state index in [0.717, 1.165) is 0 Å². The minimum atomic E-state index is -3.91. The second-order valence-electron chi connectivity index (χ2n) is 8.93. The van der Waals surface area contributed by atoms with Gasteiger partial charge in [-0.05, 0) is 72.8 Å². The maximum Gasteiger partial charge on any atom is 0.261 e. The second-order valence-corrected chi connectivity index (χ2v) is 10.6. The molecule has 0 bridgehead atoms. The molecule has 13 heteroatoms. The molecule has 0 spiro atoms. The van der Waals surface area contributed by atoms with E-state index in [0.29, 0.717) is 33.8 Å². The highest BCUT2D eigenvalue weighted by atomic mass is 32.2. The van der Waals surface area contributed by atoms with Crippen LogP contribution in [0.1, 0.15) is 17.3 Å². The first kappa shape index (κ1) is 28.0. The minimum Gasteiger partial charge on any atom is -0.495 e. The van der Waals surface area contributed by atoms with Crippen LogP contribution in [0, 0.1) is 0 Å². The lowest BCUT2D eigenvalue weighted by atomic mass is 10.1. The van der Waals surface area contributed by atoms with Crippen LogP contribution < -0.4 is 20.1 Å². The van der Waals surface area contributed by atoms with Gasteiger partial charge in [-0.2, -0.15) is 4.98 Å². The van der Waals surface area contributed by atoms with Crippen molar-refractivity contribution >= 4 is 38.9 Å². The van der Waals surface area contributed by atoms with Crippen molar-refractivity contribution in [2.24, 2.45) is 0 Å². The number of sulfonamides is 1. The summed E-state index contributed by atoms with van der Waals surface area (Å²) >= 11 is 0. The predicted molar refractivity (Wildman–Crippen MR) is 155 cm³/mol. The fourth-order valence-corrected chi connectivity index (χ4v) is 4.98. The van der Waals surface area contributed by atoms with Crippen molar-refractivity contribution in [2.75, 3.05) is 22.5 Å². The quantitative estimate of drug-likeness (QED) is 0.220. The smallest absolute Gasteiger partial charge is 0.261 e. The Morgan fingerprint density at radius 2 is 1.69 bits per heavy atom. The number of anilines is 3. The second kappa shape index (κ2) is 11.9. The summed E-state index contributed by atoms with van der Waals surface area (Å²) in [6, 6.07) is 20.7. The van der Waals surface area contributed by atoms with Crippen LogP contribution in [0.25, 0.3) is 22.8 Å². The highest BCUT2D eigenvalue weighted by Crippen LogP contribution is 2.31. The summed E-state index contributed by atoms with van der Waals surface area (Å²) in [5.74, 6) is 0.217. The van der Waals surface area contributed by atoms with Crippen molar-refractivity contribution in [1.29, 1.82) is 0 Å². The van der Waals surface area contributed by atoms with Gasteiger partial charge in [-0.25, -0.2) is 8.42 Å². The molecule has 2 heterocycles. The van der Waals surface area contributed by atoms with E-state index in [1.807, 2.05) is 0 Å². The van der Waals surface area contributed by atoms with Gasteiger partial charge in [-0.15, -0.1) is 0 Å². The summed E-state index contributed by atoms with van der Waals surface area (Å²) in [6.45, 7) is 1.37. The summed E-state index contributed by atoms with van der Waals surface area (Å²) in [5.41, 5.74) is 2.67. The SMILES string of the molecule is COc1cc(-c2noc(-c3cccc(NS(=O)(=O)c4ccc(NC(C)=O)cc4)c3)n2)ccc1NC(=O)c1cccnc1. The van der Waals surface area contributed by atoms with Crippen molar-refractivity contribution < 1.29 is 27.3 Å². The largest absolute Gasteiger partial charge is 0.495 e. The Labute approximate surface area is 240 Å². The average Bonchev–Trinajstić information content (AvgIpc) is 3.48. The number of pyridine rings is 1. The number of benzene rings is 3. The van der Waals surface area contributed by atoms with Gasteiger partial charge >= 0.3 is 0 Å². The first-order valence-corrected chi connectivity index (χ1v) is 13.9. The van der Waals surface area contributed by atoms with Gasteiger partial charge in [-0.1, -0.05) is 11.2 Å². The van der Waals surface area contributed by atoms with Crippen LogP contribution in [0.4, 0.5) is 17.1 Å². The molecule has 0 saturated heterocycles. The number of nitrogens with zero attached hydrogens (tertiary/aromatic N) is 3. The van der Waals surface area contributed by atoms with Gasteiger partial charge in [0.15, 0.2) is 0 Å². The monoisotopic (exact) mass is 584 g/mol. The summed E-state index contributed by atoms with van der Waals surface area (Å²) in [7, 11) is -2.43. The number of nitrogens with one attached hydrogen (secondary N) is 3. The maximum absolute atomic E-state index is 12.9. The van der Waals surface area contributed by atoms with Crippen LogP contribution >= 0.6 is 0 Å². The van der Waals surface area contributed by atoms with E-state index in [2.05, 4.69) is 30.5 Å². The number of methoxy groups -OCH3 is 1. The number of carbonyl (C=O) groups is 2. The Morgan fingerprint density at radius 3 is 2.40 bits per heavy atom. The standard InChI is InChI=1S/C29H24N6O6S/c1-18(36)31-22-9-11-24(12-10-22)42(38,39)35-23-7-3-5-20(15-23)29-33-27(34-41-29)19-8-13-25(26(16-19)40-2)32-28(37)21-6-4-14-30-17-21/h3-17,35H,1-2H3,(H,31,36)(H,32,37). The Kier molecular flexibility index (Phi) is 7.93. The molecule has 0 fully saturated rings. The maximum atomic E-state index is 12.9. The molecular weight excluding hydrogens is 560 g/mol. The van der Waals surface area contributed by atoms with Gasteiger partial charge in [0.05, 0.1) is 23.3 Å². The van der Waals surface area contributed by atoms with E-state index in [9.17, 15) is 18.0 Å². The molecule has 0 radical (unpaired) electrons. The summed E-state index contributed by atoms with van der Waals surface area (Å²) in [5, 5.41) is 9.44. The summed E-state index contributed by atoms with van der Waals surface area (Å²) in [4.78, 5) is 32.2. The lowest BCUT2D eigenvalue weighted by molar-refractivity contribution is -0.114. The number of hydrogen-bond acceptors (Lipinski definition) is 9. The average molecular weight is 585 g/mol. The molecule has 3 aromatic carbocycles. The molecule has 42 heavy (non-hydrogen) atoms. The van der Waals surface area contributed by atoms with Crippen molar-refractivity contribution in [1.82, 2.24) is 15.1 Å². The molecule has 0 aliphatic heterocycles. The van der Waals surface area contributed by atoms with Crippen LogP contribution in [0.5, 0.6) is 5.75 Å². The van der Waals surface area contributed by atoms with Crippen LogP contribution in [0.3, 0.4) is 0 Å². The van der Waals surface area contributed by atoms with E-state index in [-0.39, 0.29) is 34.1 Å². The first-order chi connectivity index (χ1) is 20.2. The Hall–Kier alpha value is -5.56. The number of amides is 2. The first-order valence-electron chi connectivity index (χ1n) is 12.5. The third-order valence-electron chi connectivity index (χ3n) is 5.90. The van der Waals surface area contributed by atoms with Crippen LogP contribution in [0.2, 0.25) is 0 Å². The van der Waals surface area contributed by atoms with E-state index >= 15 is 0 Å². The zero-order chi connectivity index (χ0) is 29.7. The van der Waals surface area contributed by atoms with Gasteiger partial charge in [-0.3, -0.25) is 19.3 Å². The molecule has 0 aliphatic rings. The molecule has 12 nitrogen and oxygen atoms in total. The third-order valence-corrected chi connectivity index (χ3v) is 7.30. The number of carbonyl (C=O) groups excluding carboxylic acids is 2. The van der Waals surface area contributed by atoms with Gasteiger partial charge in [0.25, 0.3) is 21.8 Å². The van der Waals surface area contributed by atoms with Crippen LogP contribution in [0.15, 0.2) is 101 Å². The van der Waals surface area contributed by atoms with Crippen molar-refractivity contribution in [3.63, 3.8) is 0 Å². The molecule has 0 atom stereocenters. The Bertz CT molecular complexity index is 1860. The third kappa shape index (κ3) is 6.42.